The minimum atomic E-state index is -0.202. The number of anilines is 1. The van der Waals surface area contributed by atoms with Crippen molar-refractivity contribution >= 4 is 27.9 Å². The normalized spacial score (nSPS) is 12.5. The van der Waals surface area contributed by atoms with E-state index in [1.165, 1.54) is 11.3 Å². The monoisotopic (exact) mass is 363 g/mol. The van der Waals surface area contributed by atoms with Gasteiger partial charge in [0.1, 0.15) is 5.69 Å². The molecule has 0 fully saturated rings. The van der Waals surface area contributed by atoms with E-state index >= 15 is 0 Å². The Morgan fingerprint density at radius 2 is 1.96 bits per heavy atom. The fraction of sp³-hybridized carbons (Fsp3) is 0.0526. The molecule has 7 heteroatoms. The molecule has 0 radical (unpaired) electrons. The lowest BCUT2D eigenvalue weighted by Gasteiger charge is -2.05. The molecule has 1 aliphatic heterocycles. The summed E-state index contributed by atoms with van der Waals surface area (Å²) in [5.74, 6) is 1.11. The van der Waals surface area contributed by atoms with Crippen LogP contribution < -0.4 is 14.8 Å². The molecule has 6 nitrogen and oxygen atoms in total. The number of amides is 1. The molecule has 2 aromatic carbocycles. The molecule has 5 rings (SSSR count). The zero-order valence-electron chi connectivity index (χ0n) is 13.5. The van der Waals surface area contributed by atoms with Gasteiger partial charge in [-0.25, -0.2) is 4.98 Å². The second-order valence-corrected chi connectivity index (χ2v) is 6.62. The summed E-state index contributed by atoms with van der Waals surface area (Å²) >= 11 is 1.43. The van der Waals surface area contributed by atoms with Crippen LogP contribution in [-0.2, 0) is 0 Å². The van der Waals surface area contributed by atoms with Crippen LogP contribution in [0.1, 0.15) is 10.5 Å². The summed E-state index contributed by atoms with van der Waals surface area (Å²) in [5.41, 5.74) is 3.06. The summed E-state index contributed by atoms with van der Waals surface area (Å²) in [6.45, 7) is 0.204. The number of rotatable bonds is 3. The van der Waals surface area contributed by atoms with Crippen LogP contribution in [0.3, 0.4) is 0 Å². The highest BCUT2D eigenvalue weighted by atomic mass is 32.1. The predicted octanol–water partition coefficient (Wildman–Crippen LogP) is 4.04. The molecule has 0 atom stereocenters. The molecule has 0 spiro atoms. The number of benzene rings is 2. The quantitative estimate of drug-likeness (QED) is 0.596. The van der Waals surface area contributed by atoms with E-state index in [2.05, 4.69) is 10.3 Å². The van der Waals surface area contributed by atoms with Gasteiger partial charge in [0.15, 0.2) is 16.5 Å². The average Bonchev–Trinajstić information content (AvgIpc) is 3.37. The SMILES string of the molecule is O=C(Nc1ccc2c(c1)OCO2)c1csc2nc(-c3ccccc3)cn12. The van der Waals surface area contributed by atoms with E-state index in [0.717, 1.165) is 16.2 Å². The molecular formula is C19H13N3O3S. The van der Waals surface area contributed by atoms with Crippen LogP contribution in [0.15, 0.2) is 60.1 Å². The second kappa shape index (κ2) is 5.89. The third-order valence-corrected chi connectivity index (χ3v) is 4.98. The van der Waals surface area contributed by atoms with Crippen molar-refractivity contribution in [1.29, 1.82) is 0 Å². The Morgan fingerprint density at radius 1 is 1.12 bits per heavy atom. The summed E-state index contributed by atoms with van der Waals surface area (Å²) in [5, 5.41) is 4.70. The Balaban J connectivity index is 1.45. The van der Waals surface area contributed by atoms with E-state index in [1.807, 2.05) is 40.9 Å². The number of nitrogens with zero attached hydrogens (tertiary/aromatic N) is 2. The van der Waals surface area contributed by atoms with Crippen molar-refractivity contribution in [3.8, 4) is 22.8 Å². The van der Waals surface area contributed by atoms with Crippen molar-refractivity contribution in [2.45, 2.75) is 0 Å². The lowest BCUT2D eigenvalue weighted by molar-refractivity contribution is 0.102. The van der Waals surface area contributed by atoms with Crippen molar-refractivity contribution in [3.05, 3.63) is 65.8 Å². The molecule has 0 saturated heterocycles. The Labute approximate surface area is 152 Å². The number of aromatic nitrogens is 2. The lowest BCUT2D eigenvalue weighted by Crippen LogP contribution is -2.13. The Bertz CT molecular complexity index is 1120. The van der Waals surface area contributed by atoms with Gasteiger partial charge in [-0.2, -0.15) is 0 Å². The molecular weight excluding hydrogens is 350 g/mol. The molecule has 26 heavy (non-hydrogen) atoms. The van der Waals surface area contributed by atoms with Crippen LogP contribution in [0.2, 0.25) is 0 Å². The van der Waals surface area contributed by atoms with Gasteiger partial charge in [0.2, 0.25) is 6.79 Å². The van der Waals surface area contributed by atoms with Crippen molar-refractivity contribution in [3.63, 3.8) is 0 Å². The summed E-state index contributed by atoms with van der Waals surface area (Å²) in [7, 11) is 0. The highest BCUT2D eigenvalue weighted by Crippen LogP contribution is 2.34. The fourth-order valence-corrected chi connectivity index (χ4v) is 3.72. The number of nitrogens with one attached hydrogen (secondary N) is 1. The lowest BCUT2D eigenvalue weighted by atomic mass is 10.2. The smallest absolute Gasteiger partial charge is 0.273 e. The van der Waals surface area contributed by atoms with Crippen LogP contribution in [0.25, 0.3) is 16.2 Å². The molecule has 1 N–H and O–H groups in total. The Kier molecular flexibility index (Phi) is 3.39. The molecule has 3 heterocycles. The first-order valence-electron chi connectivity index (χ1n) is 8.01. The van der Waals surface area contributed by atoms with Gasteiger partial charge in [0, 0.05) is 28.9 Å². The molecule has 1 amide bonds. The maximum Gasteiger partial charge on any atom is 0.273 e. The van der Waals surface area contributed by atoms with Crippen molar-refractivity contribution in [2.75, 3.05) is 12.1 Å². The zero-order valence-corrected chi connectivity index (χ0v) is 14.3. The predicted molar refractivity (Wildman–Crippen MR) is 99.0 cm³/mol. The minimum Gasteiger partial charge on any atom is -0.454 e. The van der Waals surface area contributed by atoms with Crippen LogP contribution in [0.4, 0.5) is 5.69 Å². The molecule has 1 aliphatic rings. The van der Waals surface area contributed by atoms with E-state index in [4.69, 9.17) is 9.47 Å². The van der Waals surface area contributed by atoms with E-state index in [0.29, 0.717) is 22.9 Å². The number of imidazole rings is 1. The molecule has 0 saturated carbocycles. The fourth-order valence-electron chi connectivity index (χ4n) is 2.86. The van der Waals surface area contributed by atoms with Crippen molar-refractivity contribution in [2.24, 2.45) is 0 Å². The van der Waals surface area contributed by atoms with Gasteiger partial charge in [-0.15, -0.1) is 11.3 Å². The van der Waals surface area contributed by atoms with Crippen LogP contribution in [0, 0.1) is 0 Å². The number of carbonyl (C=O) groups is 1. The van der Waals surface area contributed by atoms with Gasteiger partial charge in [0.05, 0.1) is 5.69 Å². The molecule has 0 bridgehead atoms. The topological polar surface area (TPSA) is 64.9 Å². The van der Waals surface area contributed by atoms with Crippen LogP contribution in [-0.4, -0.2) is 22.1 Å². The first kappa shape index (κ1) is 15.0. The number of carbonyl (C=O) groups excluding carboxylic acids is 1. The zero-order chi connectivity index (χ0) is 17.5. The van der Waals surface area contributed by atoms with Gasteiger partial charge in [0.25, 0.3) is 5.91 Å². The van der Waals surface area contributed by atoms with Gasteiger partial charge >= 0.3 is 0 Å². The van der Waals surface area contributed by atoms with Crippen LogP contribution >= 0.6 is 11.3 Å². The summed E-state index contributed by atoms with van der Waals surface area (Å²) < 4.78 is 12.4. The highest BCUT2D eigenvalue weighted by molar-refractivity contribution is 7.15. The van der Waals surface area contributed by atoms with Crippen molar-refractivity contribution in [1.82, 2.24) is 9.38 Å². The number of fused-ring (bicyclic) bond motifs is 2. The highest BCUT2D eigenvalue weighted by Gasteiger charge is 2.18. The molecule has 128 valence electrons. The van der Waals surface area contributed by atoms with E-state index in [-0.39, 0.29) is 12.7 Å². The van der Waals surface area contributed by atoms with E-state index in [1.54, 1.807) is 23.6 Å². The van der Waals surface area contributed by atoms with Crippen molar-refractivity contribution < 1.29 is 14.3 Å². The van der Waals surface area contributed by atoms with E-state index in [9.17, 15) is 4.79 Å². The van der Waals surface area contributed by atoms with Gasteiger partial charge in [-0.3, -0.25) is 9.20 Å². The number of thiazole rings is 1. The average molecular weight is 363 g/mol. The second-order valence-electron chi connectivity index (χ2n) is 5.79. The Morgan fingerprint density at radius 3 is 2.85 bits per heavy atom. The molecule has 0 aliphatic carbocycles. The first-order chi connectivity index (χ1) is 12.8. The Hall–Kier alpha value is -3.32. The summed E-state index contributed by atoms with van der Waals surface area (Å²) in [6.07, 6.45) is 1.88. The minimum absolute atomic E-state index is 0.202. The van der Waals surface area contributed by atoms with Gasteiger partial charge in [-0.05, 0) is 12.1 Å². The van der Waals surface area contributed by atoms with E-state index < -0.39 is 0 Å². The summed E-state index contributed by atoms with van der Waals surface area (Å²) in [6, 6.07) is 15.2. The molecule has 2 aromatic heterocycles. The summed E-state index contributed by atoms with van der Waals surface area (Å²) in [4.78, 5) is 18.1. The van der Waals surface area contributed by atoms with Crippen LogP contribution in [0.5, 0.6) is 11.5 Å². The maximum atomic E-state index is 12.7. The first-order valence-corrected chi connectivity index (χ1v) is 8.89. The molecule has 4 aromatic rings. The third-order valence-electron chi connectivity index (χ3n) is 4.14. The molecule has 0 unspecified atom stereocenters. The van der Waals surface area contributed by atoms with Gasteiger partial charge in [-0.1, -0.05) is 30.3 Å². The number of ether oxygens (including phenoxy) is 2. The number of hydrogen-bond acceptors (Lipinski definition) is 5. The van der Waals surface area contributed by atoms with Gasteiger partial charge < -0.3 is 14.8 Å². The largest absolute Gasteiger partial charge is 0.454 e. The third kappa shape index (κ3) is 2.49. The maximum absolute atomic E-state index is 12.7. The standard InChI is InChI=1S/C19H13N3O3S/c23-18(20-13-6-7-16-17(8-13)25-11-24-16)15-10-26-19-21-14(9-22(15)19)12-4-2-1-3-5-12/h1-10H,11H2,(H,20,23). The number of hydrogen-bond donors (Lipinski definition) is 1.